The van der Waals surface area contributed by atoms with Crippen molar-refractivity contribution >= 4 is 5.82 Å². The Kier molecular flexibility index (Phi) is 3.33. The van der Waals surface area contributed by atoms with Crippen LogP contribution in [-0.2, 0) is 0 Å². The zero-order valence-electron chi connectivity index (χ0n) is 10.9. The number of aromatic nitrogens is 2. The number of likely N-dealkylation sites (N-methyl/N-ethyl adjacent to an activating group) is 1. The Bertz CT molecular complexity index is 379. The molecule has 4 heteroatoms. The zero-order valence-corrected chi connectivity index (χ0v) is 10.9. The van der Waals surface area contributed by atoms with Gasteiger partial charge in [-0.3, -0.25) is 0 Å². The highest BCUT2D eigenvalue weighted by Crippen LogP contribution is 2.30. The SMILES string of the molecule is Cc1cc(N(C)CC2(O)CCCC2)nc(C)n1. The summed E-state index contributed by atoms with van der Waals surface area (Å²) in [6.45, 7) is 4.52. The maximum Gasteiger partial charge on any atom is 0.132 e. The second-order valence-corrected chi connectivity index (χ2v) is 5.20. The molecule has 2 rings (SSSR count). The van der Waals surface area contributed by atoms with E-state index in [2.05, 4.69) is 9.97 Å². The molecule has 4 nitrogen and oxygen atoms in total. The number of anilines is 1. The highest BCUT2D eigenvalue weighted by atomic mass is 16.3. The van der Waals surface area contributed by atoms with Gasteiger partial charge < -0.3 is 10.0 Å². The molecule has 0 unspecified atom stereocenters. The lowest BCUT2D eigenvalue weighted by atomic mass is 10.0. The first kappa shape index (κ1) is 12.3. The monoisotopic (exact) mass is 235 g/mol. The summed E-state index contributed by atoms with van der Waals surface area (Å²) in [5.41, 5.74) is 0.444. The van der Waals surface area contributed by atoms with E-state index in [0.29, 0.717) is 6.54 Å². The third-order valence-corrected chi connectivity index (χ3v) is 3.41. The van der Waals surface area contributed by atoms with Crippen LogP contribution in [0.25, 0.3) is 0 Å². The molecule has 0 bridgehead atoms. The Balaban J connectivity index is 2.11. The van der Waals surface area contributed by atoms with E-state index in [1.54, 1.807) is 0 Å². The van der Waals surface area contributed by atoms with Crippen molar-refractivity contribution in [2.45, 2.75) is 45.1 Å². The molecule has 0 spiro atoms. The molecule has 1 aliphatic carbocycles. The second kappa shape index (κ2) is 4.61. The molecule has 1 aromatic rings. The quantitative estimate of drug-likeness (QED) is 0.868. The number of aliphatic hydroxyl groups is 1. The molecule has 0 amide bonds. The van der Waals surface area contributed by atoms with Crippen LogP contribution < -0.4 is 4.90 Å². The van der Waals surface area contributed by atoms with Crippen LogP contribution in [0.5, 0.6) is 0 Å². The zero-order chi connectivity index (χ0) is 12.5. The van der Waals surface area contributed by atoms with Gasteiger partial charge >= 0.3 is 0 Å². The predicted octanol–water partition coefficient (Wildman–Crippen LogP) is 1.83. The molecule has 0 aromatic carbocycles. The Hall–Kier alpha value is -1.16. The van der Waals surface area contributed by atoms with Crippen molar-refractivity contribution in [3.63, 3.8) is 0 Å². The summed E-state index contributed by atoms with van der Waals surface area (Å²) in [6.07, 6.45) is 4.07. The van der Waals surface area contributed by atoms with Crippen LogP contribution in [0, 0.1) is 13.8 Å². The summed E-state index contributed by atoms with van der Waals surface area (Å²) >= 11 is 0. The van der Waals surface area contributed by atoms with Crippen molar-refractivity contribution in [3.05, 3.63) is 17.6 Å². The first-order chi connectivity index (χ1) is 7.98. The summed E-state index contributed by atoms with van der Waals surface area (Å²) in [7, 11) is 1.98. The molecule has 1 heterocycles. The van der Waals surface area contributed by atoms with Gasteiger partial charge in [-0.2, -0.15) is 0 Å². The van der Waals surface area contributed by atoms with Crippen molar-refractivity contribution in [1.29, 1.82) is 0 Å². The molecule has 1 fully saturated rings. The fraction of sp³-hybridized carbons (Fsp3) is 0.692. The van der Waals surface area contributed by atoms with Crippen LogP contribution in [-0.4, -0.2) is 34.3 Å². The second-order valence-electron chi connectivity index (χ2n) is 5.20. The van der Waals surface area contributed by atoms with Gasteiger partial charge in [0.25, 0.3) is 0 Å². The number of nitrogens with zero attached hydrogens (tertiary/aromatic N) is 3. The van der Waals surface area contributed by atoms with E-state index in [1.807, 2.05) is 31.9 Å². The Morgan fingerprint density at radius 1 is 1.29 bits per heavy atom. The first-order valence-electron chi connectivity index (χ1n) is 6.24. The predicted molar refractivity (Wildman–Crippen MR) is 68.2 cm³/mol. The Morgan fingerprint density at radius 3 is 2.53 bits per heavy atom. The summed E-state index contributed by atoms with van der Waals surface area (Å²) in [5.74, 6) is 1.68. The van der Waals surface area contributed by atoms with Gasteiger partial charge in [-0.15, -0.1) is 0 Å². The van der Waals surface area contributed by atoms with Gasteiger partial charge in [-0.05, 0) is 26.7 Å². The topological polar surface area (TPSA) is 49.2 Å². The average Bonchev–Trinajstić information content (AvgIpc) is 2.63. The van der Waals surface area contributed by atoms with Crippen LogP contribution in [0.2, 0.25) is 0 Å². The third-order valence-electron chi connectivity index (χ3n) is 3.41. The van der Waals surface area contributed by atoms with E-state index >= 15 is 0 Å². The molecule has 1 N–H and O–H groups in total. The molecule has 0 atom stereocenters. The molecule has 0 radical (unpaired) electrons. The maximum atomic E-state index is 10.4. The average molecular weight is 235 g/mol. The van der Waals surface area contributed by atoms with Crippen molar-refractivity contribution in [2.75, 3.05) is 18.5 Å². The number of hydrogen-bond donors (Lipinski definition) is 1. The lowest BCUT2D eigenvalue weighted by molar-refractivity contribution is 0.0558. The van der Waals surface area contributed by atoms with Gasteiger partial charge in [0.15, 0.2) is 0 Å². The van der Waals surface area contributed by atoms with Crippen LogP contribution >= 0.6 is 0 Å². The highest BCUT2D eigenvalue weighted by molar-refractivity contribution is 5.39. The van der Waals surface area contributed by atoms with Gasteiger partial charge in [-0.1, -0.05) is 12.8 Å². The maximum absolute atomic E-state index is 10.4. The minimum absolute atomic E-state index is 0.526. The standard InChI is InChI=1S/C13H21N3O/c1-10-8-12(15-11(2)14-10)16(3)9-13(17)6-4-5-7-13/h8,17H,4-7,9H2,1-3H3. The summed E-state index contributed by atoms with van der Waals surface area (Å²) in [4.78, 5) is 10.7. The fourth-order valence-electron chi connectivity index (χ4n) is 2.61. The van der Waals surface area contributed by atoms with Crippen LogP contribution in [0.1, 0.15) is 37.2 Å². The molecule has 0 aliphatic heterocycles. The Morgan fingerprint density at radius 2 is 1.94 bits per heavy atom. The number of hydrogen-bond acceptors (Lipinski definition) is 4. The van der Waals surface area contributed by atoms with E-state index in [4.69, 9.17) is 0 Å². The van der Waals surface area contributed by atoms with Crippen LogP contribution in [0.3, 0.4) is 0 Å². The first-order valence-corrected chi connectivity index (χ1v) is 6.24. The lowest BCUT2D eigenvalue weighted by Gasteiger charge is -2.29. The van der Waals surface area contributed by atoms with E-state index in [-0.39, 0.29) is 0 Å². The fourth-order valence-corrected chi connectivity index (χ4v) is 2.61. The molecule has 0 saturated heterocycles. The smallest absolute Gasteiger partial charge is 0.132 e. The summed E-state index contributed by atoms with van der Waals surface area (Å²) < 4.78 is 0. The van der Waals surface area contributed by atoms with E-state index in [1.165, 1.54) is 0 Å². The minimum Gasteiger partial charge on any atom is -0.388 e. The molecule has 17 heavy (non-hydrogen) atoms. The normalized spacial score (nSPS) is 18.4. The molecule has 94 valence electrons. The molecule has 1 aromatic heterocycles. The van der Waals surface area contributed by atoms with Crippen molar-refractivity contribution in [1.82, 2.24) is 9.97 Å². The molecule has 1 aliphatic rings. The van der Waals surface area contributed by atoms with Gasteiger partial charge in [0.1, 0.15) is 11.6 Å². The van der Waals surface area contributed by atoms with E-state index in [0.717, 1.165) is 43.0 Å². The molecule has 1 saturated carbocycles. The van der Waals surface area contributed by atoms with E-state index < -0.39 is 5.60 Å². The van der Waals surface area contributed by atoms with Crippen LogP contribution in [0.15, 0.2) is 6.07 Å². The lowest BCUT2D eigenvalue weighted by Crippen LogP contribution is -2.39. The number of rotatable bonds is 3. The summed E-state index contributed by atoms with van der Waals surface area (Å²) in [5, 5.41) is 10.4. The van der Waals surface area contributed by atoms with Gasteiger partial charge in [0.05, 0.1) is 5.60 Å². The van der Waals surface area contributed by atoms with Crippen LogP contribution in [0.4, 0.5) is 5.82 Å². The molecular weight excluding hydrogens is 214 g/mol. The molecular formula is C13H21N3O. The van der Waals surface area contributed by atoms with Crippen molar-refractivity contribution < 1.29 is 5.11 Å². The van der Waals surface area contributed by atoms with Gasteiger partial charge in [-0.25, -0.2) is 9.97 Å². The highest BCUT2D eigenvalue weighted by Gasteiger charge is 2.32. The Labute approximate surface area is 103 Å². The largest absolute Gasteiger partial charge is 0.388 e. The number of aryl methyl sites for hydroxylation is 2. The third kappa shape index (κ3) is 2.94. The van der Waals surface area contributed by atoms with Crippen molar-refractivity contribution in [3.8, 4) is 0 Å². The van der Waals surface area contributed by atoms with E-state index in [9.17, 15) is 5.11 Å². The minimum atomic E-state index is -0.526. The van der Waals surface area contributed by atoms with Crippen molar-refractivity contribution in [2.24, 2.45) is 0 Å². The van der Waals surface area contributed by atoms with Gasteiger partial charge in [0, 0.05) is 25.4 Å². The van der Waals surface area contributed by atoms with Gasteiger partial charge in [0.2, 0.25) is 0 Å². The summed E-state index contributed by atoms with van der Waals surface area (Å²) in [6, 6.07) is 1.96.